The van der Waals surface area contributed by atoms with Crippen LogP contribution in [0, 0.1) is 5.82 Å². The van der Waals surface area contributed by atoms with E-state index in [-0.39, 0.29) is 30.2 Å². The van der Waals surface area contributed by atoms with E-state index in [4.69, 9.17) is 0 Å². The summed E-state index contributed by atoms with van der Waals surface area (Å²) in [7, 11) is 0. The summed E-state index contributed by atoms with van der Waals surface area (Å²) >= 11 is 1.40. The number of thioether (sulfide) groups is 1. The maximum Gasteiger partial charge on any atom is 0.243 e. The normalized spacial score (nSPS) is 11.8. The molecule has 3 aromatic carbocycles. The van der Waals surface area contributed by atoms with Crippen LogP contribution in [0.5, 0.6) is 0 Å². The second kappa shape index (κ2) is 12.2. The van der Waals surface area contributed by atoms with Crippen molar-refractivity contribution in [1.29, 1.82) is 0 Å². The van der Waals surface area contributed by atoms with E-state index >= 15 is 0 Å². The third-order valence-corrected chi connectivity index (χ3v) is 6.10. The first-order valence-corrected chi connectivity index (χ1v) is 12.0. The number of rotatable bonds is 10. The summed E-state index contributed by atoms with van der Waals surface area (Å²) in [6, 6.07) is 24.7. The molecule has 0 aliphatic heterocycles. The molecule has 0 spiro atoms. The lowest BCUT2D eigenvalue weighted by Gasteiger charge is -2.32. The molecule has 0 radical (unpaired) electrons. The van der Waals surface area contributed by atoms with Crippen molar-refractivity contribution in [3.8, 4) is 0 Å². The van der Waals surface area contributed by atoms with Gasteiger partial charge < -0.3 is 10.2 Å². The van der Waals surface area contributed by atoms with Crippen LogP contribution in [0.3, 0.4) is 0 Å². The summed E-state index contributed by atoms with van der Waals surface area (Å²) in [5.74, 6) is -0.706. The van der Waals surface area contributed by atoms with Crippen LogP contribution >= 0.6 is 11.8 Å². The van der Waals surface area contributed by atoms with Gasteiger partial charge in [-0.25, -0.2) is 4.39 Å². The lowest BCUT2D eigenvalue weighted by Crippen LogP contribution is -2.52. The molecule has 0 saturated heterocycles. The van der Waals surface area contributed by atoms with Crippen molar-refractivity contribution in [1.82, 2.24) is 10.2 Å². The number of nitrogens with one attached hydrogen (secondary N) is 1. The number of halogens is 1. The molecular weight excluding hydrogens is 435 g/mol. The fourth-order valence-corrected chi connectivity index (χ4v) is 4.30. The number of nitrogens with zero attached hydrogens (tertiary/aromatic N) is 1. The molecule has 172 valence electrons. The van der Waals surface area contributed by atoms with E-state index in [0.29, 0.717) is 12.0 Å². The van der Waals surface area contributed by atoms with E-state index in [1.807, 2.05) is 74.5 Å². The Hall–Kier alpha value is -3.12. The van der Waals surface area contributed by atoms with Gasteiger partial charge in [-0.2, -0.15) is 0 Å². The van der Waals surface area contributed by atoms with Gasteiger partial charge in [0.15, 0.2) is 0 Å². The van der Waals surface area contributed by atoms with Crippen LogP contribution in [0.25, 0.3) is 0 Å². The molecule has 1 unspecified atom stereocenters. The molecule has 6 heteroatoms. The molecule has 0 heterocycles. The minimum Gasteiger partial charge on any atom is -0.352 e. The maximum absolute atomic E-state index is 14.5. The van der Waals surface area contributed by atoms with Crippen LogP contribution in [0.1, 0.15) is 25.0 Å². The summed E-state index contributed by atoms with van der Waals surface area (Å²) in [5.41, 5.74) is 1.31. The van der Waals surface area contributed by atoms with Crippen molar-refractivity contribution in [3.05, 3.63) is 102 Å². The van der Waals surface area contributed by atoms with Crippen LogP contribution < -0.4 is 5.32 Å². The first-order chi connectivity index (χ1) is 15.9. The first-order valence-electron chi connectivity index (χ1n) is 11.0. The van der Waals surface area contributed by atoms with Gasteiger partial charge in [0.1, 0.15) is 11.9 Å². The molecule has 1 N–H and O–H groups in total. The van der Waals surface area contributed by atoms with Gasteiger partial charge in [0.25, 0.3) is 0 Å². The molecule has 1 atom stereocenters. The lowest BCUT2D eigenvalue weighted by atomic mass is 10.0. The number of hydrogen-bond acceptors (Lipinski definition) is 3. The van der Waals surface area contributed by atoms with Gasteiger partial charge in [0.2, 0.25) is 11.8 Å². The zero-order valence-electron chi connectivity index (χ0n) is 18.9. The molecular formula is C27H29FN2O2S. The highest BCUT2D eigenvalue weighted by molar-refractivity contribution is 8.00. The minimum absolute atomic E-state index is 0.0177. The molecule has 0 aromatic heterocycles. The molecule has 33 heavy (non-hydrogen) atoms. The van der Waals surface area contributed by atoms with Gasteiger partial charge in [0, 0.05) is 29.5 Å². The second-order valence-electron chi connectivity index (χ2n) is 8.08. The summed E-state index contributed by atoms with van der Waals surface area (Å²) in [4.78, 5) is 29.2. The first kappa shape index (κ1) is 24.5. The SMILES string of the molecule is CC(C)NC(=O)C(Cc1ccccc1)N(Cc1ccccc1F)C(=O)CSc1ccccc1. The van der Waals surface area contributed by atoms with Gasteiger partial charge >= 0.3 is 0 Å². The van der Waals surface area contributed by atoms with Crippen LogP contribution in [-0.4, -0.2) is 34.6 Å². The van der Waals surface area contributed by atoms with E-state index in [1.54, 1.807) is 18.2 Å². The molecule has 3 aromatic rings. The fraction of sp³-hybridized carbons (Fsp3) is 0.259. The van der Waals surface area contributed by atoms with E-state index in [1.165, 1.54) is 22.7 Å². The fourth-order valence-electron chi connectivity index (χ4n) is 3.49. The average Bonchev–Trinajstić information content (AvgIpc) is 2.81. The summed E-state index contributed by atoms with van der Waals surface area (Å²) in [6.07, 6.45) is 0.343. The van der Waals surface area contributed by atoms with Crippen molar-refractivity contribution in [2.24, 2.45) is 0 Å². The van der Waals surface area contributed by atoms with Crippen LogP contribution in [0.15, 0.2) is 89.8 Å². The third kappa shape index (κ3) is 7.46. The van der Waals surface area contributed by atoms with Crippen molar-refractivity contribution >= 4 is 23.6 Å². The zero-order valence-corrected chi connectivity index (χ0v) is 19.7. The molecule has 4 nitrogen and oxygen atoms in total. The number of benzene rings is 3. The number of amides is 2. The molecule has 3 rings (SSSR count). The standard InChI is InChI=1S/C27H29FN2O2S/c1-20(2)29-27(32)25(17-21-11-5-3-6-12-21)30(18-22-13-9-10-16-24(22)28)26(31)19-33-23-14-7-4-8-15-23/h3-16,20,25H,17-19H2,1-2H3,(H,29,32). The molecule has 2 amide bonds. The zero-order chi connectivity index (χ0) is 23.6. The smallest absolute Gasteiger partial charge is 0.243 e. The molecule has 0 saturated carbocycles. The quantitative estimate of drug-likeness (QED) is 0.426. The Kier molecular flexibility index (Phi) is 9.07. The predicted molar refractivity (Wildman–Crippen MR) is 131 cm³/mol. The molecule has 0 fully saturated rings. The van der Waals surface area contributed by atoms with Gasteiger partial charge in [0.05, 0.1) is 5.75 Å². The summed E-state index contributed by atoms with van der Waals surface area (Å²) in [6.45, 7) is 3.78. The van der Waals surface area contributed by atoms with E-state index in [0.717, 1.165) is 10.5 Å². The molecule has 0 aliphatic carbocycles. The summed E-state index contributed by atoms with van der Waals surface area (Å²) in [5, 5.41) is 2.94. The Balaban J connectivity index is 1.91. The van der Waals surface area contributed by atoms with Crippen LogP contribution in [-0.2, 0) is 22.6 Å². The predicted octanol–water partition coefficient (Wildman–Crippen LogP) is 5.08. The average molecular weight is 465 g/mol. The van der Waals surface area contributed by atoms with E-state index in [9.17, 15) is 14.0 Å². The Morgan fingerprint density at radius 3 is 2.15 bits per heavy atom. The van der Waals surface area contributed by atoms with Crippen LogP contribution in [0.4, 0.5) is 4.39 Å². The number of carbonyl (C=O) groups excluding carboxylic acids is 2. The Bertz CT molecular complexity index is 1040. The lowest BCUT2D eigenvalue weighted by molar-refractivity contribution is -0.139. The maximum atomic E-state index is 14.5. The second-order valence-corrected chi connectivity index (χ2v) is 9.13. The van der Waals surface area contributed by atoms with Gasteiger partial charge in [-0.15, -0.1) is 11.8 Å². The van der Waals surface area contributed by atoms with Gasteiger partial charge in [-0.3, -0.25) is 9.59 Å². The van der Waals surface area contributed by atoms with Gasteiger partial charge in [-0.1, -0.05) is 66.7 Å². The van der Waals surface area contributed by atoms with Crippen molar-refractivity contribution in [3.63, 3.8) is 0 Å². The Morgan fingerprint density at radius 1 is 0.909 bits per heavy atom. The summed E-state index contributed by atoms with van der Waals surface area (Å²) < 4.78 is 14.5. The van der Waals surface area contributed by atoms with Crippen molar-refractivity contribution in [2.75, 3.05) is 5.75 Å². The monoisotopic (exact) mass is 464 g/mol. The van der Waals surface area contributed by atoms with Crippen molar-refractivity contribution in [2.45, 2.75) is 43.8 Å². The van der Waals surface area contributed by atoms with E-state index < -0.39 is 11.9 Å². The number of hydrogen-bond donors (Lipinski definition) is 1. The van der Waals surface area contributed by atoms with Crippen LogP contribution in [0.2, 0.25) is 0 Å². The Labute approximate surface area is 199 Å². The van der Waals surface area contributed by atoms with Gasteiger partial charge in [-0.05, 0) is 37.6 Å². The Morgan fingerprint density at radius 2 is 1.52 bits per heavy atom. The third-order valence-electron chi connectivity index (χ3n) is 5.11. The van der Waals surface area contributed by atoms with E-state index in [2.05, 4.69) is 5.32 Å². The highest BCUT2D eigenvalue weighted by atomic mass is 32.2. The highest BCUT2D eigenvalue weighted by Gasteiger charge is 2.31. The highest BCUT2D eigenvalue weighted by Crippen LogP contribution is 2.21. The largest absolute Gasteiger partial charge is 0.352 e. The topological polar surface area (TPSA) is 49.4 Å². The van der Waals surface area contributed by atoms with Crippen molar-refractivity contribution < 1.29 is 14.0 Å². The molecule has 0 bridgehead atoms. The minimum atomic E-state index is -0.765. The number of carbonyl (C=O) groups is 2. The molecule has 0 aliphatic rings.